The summed E-state index contributed by atoms with van der Waals surface area (Å²) in [4.78, 5) is 18.8. The van der Waals surface area contributed by atoms with E-state index in [0.29, 0.717) is 11.8 Å². The van der Waals surface area contributed by atoms with Crippen molar-refractivity contribution in [3.8, 4) is 0 Å². The molecule has 0 saturated carbocycles. The van der Waals surface area contributed by atoms with Crippen molar-refractivity contribution < 1.29 is 4.79 Å². The number of hydrogen-bond acceptors (Lipinski definition) is 5. The number of rotatable bonds is 4. The average Bonchev–Trinajstić information content (AvgIpc) is 2.95. The van der Waals surface area contributed by atoms with E-state index < -0.39 is 0 Å². The zero-order valence-electron chi connectivity index (χ0n) is 12.0. The molecule has 1 saturated heterocycles. The maximum atomic E-state index is 12.2. The molecule has 1 aliphatic heterocycles. The monoisotopic (exact) mass is 321 g/mol. The molecule has 0 radical (unpaired) electrons. The van der Waals surface area contributed by atoms with Crippen molar-refractivity contribution in [1.29, 1.82) is 0 Å². The second kappa shape index (κ2) is 6.77. The van der Waals surface area contributed by atoms with E-state index in [-0.39, 0.29) is 5.91 Å². The van der Waals surface area contributed by atoms with Crippen LogP contribution in [0.15, 0.2) is 28.6 Å². The number of thiazole rings is 1. The second-order valence-corrected chi connectivity index (χ2v) is 7.43. The minimum atomic E-state index is 0.230. The highest BCUT2D eigenvalue weighted by Gasteiger charge is 2.21. The number of nitrogens with one attached hydrogen (secondary N) is 1. The van der Waals surface area contributed by atoms with Gasteiger partial charge in [-0.25, -0.2) is 4.98 Å². The first kappa shape index (κ1) is 14.8. The van der Waals surface area contributed by atoms with Crippen LogP contribution in [0.2, 0.25) is 0 Å². The third-order valence-corrected chi connectivity index (χ3v) is 6.01. The quantitative estimate of drug-likeness (QED) is 0.879. The van der Waals surface area contributed by atoms with Gasteiger partial charge >= 0.3 is 0 Å². The Labute approximate surface area is 132 Å². The third kappa shape index (κ3) is 3.56. The van der Waals surface area contributed by atoms with Crippen LogP contribution in [0, 0.1) is 0 Å². The van der Waals surface area contributed by atoms with Gasteiger partial charge in [0.25, 0.3) is 0 Å². The molecule has 21 heavy (non-hydrogen) atoms. The molecule has 1 aromatic heterocycles. The summed E-state index contributed by atoms with van der Waals surface area (Å²) < 4.78 is 2.16. The van der Waals surface area contributed by atoms with Gasteiger partial charge in [-0.1, -0.05) is 23.9 Å². The molecule has 3 rings (SSSR count). The van der Waals surface area contributed by atoms with Gasteiger partial charge in [-0.2, -0.15) is 0 Å². The zero-order chi connectivity index (χ0) is 14.7. The van der Waals surface area contributed by atoms with Crippen LogP contribution in [0.5, 0.6) is 0 Å². The molecule has 2 heterocycles. The van der Waals surface area contributed by atoms with E-state index in [1.54, 1.807) is 23.1 Å². The number of hydrogen-bond donors (Lipinski definition) is 1. The van der Waals surface area contributed by atoms with Crippen molar-refractivity contribution in [1.82, 2.24) is 15.2 Å². The number of para-hydroxylation sites is 1. The normalized spacial score (nSPS) is 16.5. The molecule has 0 spiro atoms. The van der Waals surface area contributed by atoms with Gasteiger partial charge < -0.3 is 10.2 Å². The summed E-state index contributed by atoms with van der Waals surface area (Å²) in [5.41, 5.74) is 1.02. The van der Waals surface area contributed by atoms with E-state index in [1.165, 1.54) is 4.70 Å². The van der Waals surface area contributed by atoms with E-state index in [0.717, 1.165) is 35.8 Å². The van der Waals surface area contributed by atoms with Crippen LogP contribution in [0.25, 0.3) is 10.2 Å². The maximum Gasteiger partial charge on any atom is 0.233 e. The standard InChI is InChI=1S/C15H19N3OS2/c1-16-11-6-8-18(9-7-11)14(19)10-20-15-17-12-4-2-3-5-13(12)21-15/h2-5,11,16H,6-10H2,1H3. The molecule has 0 aliphatic carbocycles. The van der Waals surface area contributed by atoms with Crippen LogP contribution < -0.4 is 5.32 Å². The van der Waals surface area contributed by atoms with Gasteiger partial charge in [-0.15, -0.1) is 11.3 Å². The molecule has 6 heteroatoms. The largest absolute Gasteiger partial charge is 0.342 e. The number of likely N-dealkylation sites (tertiary alicyclic amines) is 1. The van der Waals surface area contributed by atoms with Crippen molar-refractivity contribution in [2.45, 2.75) is 23.2 Å². The molecule has 0 bridgehead atoms. The summed E-state index contributed by atoms with van der Waals surface area (Å²) in [6.45, 7) is 1.73. The summed E-state index contributed by atoms with van der Waals surface area (Å²) in [6, 6.07) is 8.66. The molecule has 2 aromatic rings. The highest BCUT2D eigenvalue weighted by Crippen LogP contribution is 2.29. The van der Waals surface area contributed by atoms with E-state index in [9.17, 15) is 4.79 Å². The second-order valence-electron chi connectivity index (χ2n) is 5.18. The predicted octanol–water partition coefficient (Wildman–Crippen LogP) is 2.60. The van der Waals surface area contributed by atoms with E-state index in [2.05, 4.69) is 16.4 Å². The van der Waals surface area contributed by atoms with Crippen molar-refractivity contribution in [2.75, 3.05) is 25.9 Å². The maximum absolute atomic E-state index is 12.2. The predicted molar refractivity (Wildman–Crippen MR) is 89.0 cm³/mol. The fourth-order valence-corrected chi connectivity index (χ4v) is 4.52. The first-order chi connectivity index (χ1) is 10.3. The number of nitrogens with zero attached hydrogens (tertiary/aromatic N) is 2. The van der Waals surface area contributed by atoms with Crippen LogP contribution in [0.1, 0.15) is 12.8 Å². The minimum absolute atomic E-state index is 0.230. The van der Waals surface area contributed by atoms with Crippen LogP contribution in [-0.2, 0) is 4.79 Å². The Kier molecular flexibility index (Phi) is 4.77. The lowest BCUT2D eigenvalue weighted by Crippen LogP contribution is -2.44. The van der Waals surface area contributed by atoms with Crippen LogP contribution in [-0.4, -0.2) is 47.7 Å². The van der Waals surface area contributed by atoms with Crippen LogP contribution in [0.4, 0.5) is 0 Å². The van der Waals surface area contributed by atoms with Gasteiger partial charge in [0.2, 0.25) is 5.91 Å². The minimum Gasteiger partial charge on any atom is -0.342 e. The summed E-state index contributed by atoms with van der Waals surface area (Å²) in [5, 5.41) is 3.28. The average molecular weight is 321 g/mol. The smallest absolute Gasteiger partial charge is 0.233 e. The fraction of sp³-hybridized carbons (Fsp3) is 0.467. The van der Waals surface area contributed by atoms with Crippen molar-refractivity contribution in [3.05, 3.63) is 24.3 Å². The molecule has 112 valence electrons. The summed E-state index contributed by atoms with van der Waals surface area (Å²) in [6.07, 6.45) is 2.10. The zero-order valence-corrected chi connectivity index (χ0v) is 13.7. The Morgan fingerprint density at radius 2 is 2.19 bits per heavy atom. The highest BCUT2D eigenvalue weighted by molar-refractivity contribution is 8.01. The number of thioether (sulfide) groups is 1. The Balaban J connectivity index is 1.54. The molecule has 1 amide bonds. The number of piperidine rings is 1. The Bertz CT molecular complexity index is 587. The molecule has 1 fully saturated rings. The fourth-order valence-electron chi connectivity index (χ4n) is 2.55. The topological polar surface area (TPSA) is 45.2 Å². The number of fused-ring (bicyclic) bond motifs is 1. The summed E-state index contributed by atoms with van der Waals surface area (Å²) >= 11 is 3.22. The lowest BCUT2D eigenvalue weighted by atomic mass is 10.1. The van der Waals surface area contributed by atoms with Gasteiger partial charge in [0.05, 0.1) is 16.0 Å². The van der Waals surface area contributed by atoms with Gasteiger partial charge in [0.1, 0.15) is 0 Å². The highest BCUT2D eigenvalue weighted by atomic mass is 32.2. The molecular weight excluding hydrogens is 302 g/mol. The molecule has 1 aromatic carbocycles. The van der Waals surface area contributed by atoms with E-state index >= 15 is 0 Å². The van der Waals surface area contributed by atoms with Crippen molar-refractivity contribution in [2.24, 2.45) is 0 Å². The van der Waals surface area contributed by atoms with Gasteiger partial charge in [0, 0.05) is 19.1 Å². The number of amides is 1. The van der Waals surface area contributed by atoms with E-state index in [1.807, 2.05) is 30.1 Å². The molecule has 4 nitrogen and oxygen atoms in total. The number of benzene rings is 1. The lowest BCUT2D eigenvalue weighted by Gasteiger charge is -2.31. The molecule has 0 unspecified atom stereocenters. The first-order valence-corrected chi connectivity index (χ1v) is 9.00. The summed E-state index contributed by atoms with van der Waals surface area (Å²) in [7, 11) is 1.99. The van der Waals surface area contributed by atoms with Gasteiger partial charge in [-0.3, -0.25) is 4.79 Å². The molecular formula is C15H19N3OS2. The van der Waals surface area contributed by atoms with E-state index in [4.69, 9.17) is 0 Å². The summed E-state index contributed by atoms with van der Waals surface area (Å²) in [5.74, 6) is 0.721. The van der Waals surface area contributed by atoms with Gasteiger partial charge in [-0.05, 0) is 32.0 Å². The van der Waals surface area contributed by atoms with Gasteiger partial charge in [0.15, 0.2) is 4.34 Å². The van der Waals surface area contributed by atoms with Crippen molar-refractivity contribution >= 4 is 39.2 Å². The third-order valence-electron chi connectivity index (χ3n) is 3.85. The molecule has 1 aliphatic rings. The number of carbonyl (C=O) groups is 1. The molecule has 0 atom stereocenters. The van der Waals surface area contributed by atoms with Crippen LogP contribution >= 0.6 is 23.1 Å². The first-order valence-electron chi connectivity index (χ1n) is 7.19. The van der Waals surface area contributed by atoms with Crippen LogP contribution in [0.3, 0.4) is 0 Å². The lowest BCUT2D eigenvalue weighted by molar-refractivity contribution is -0.129. The van der Waals surface area contributed by atoms with Crippen molar-refractivity contribution in [3.63, 3.8) is 0 Å². The number of aromatic nitrogens is 1. The number of carbonyl (C=O) groups excluding carboxylic acids is 1. The molecule has 1 N–H and O–H groups in total. The Morgan fingerprint density at radius 1 is 1.43 bits per heavy atom. The SMILES string of the molecule is CNC1CCN(C(=O)CSc2nc3ccccc3s2)CC1. The Morgan fingerprint density at radius 3 is 2.90 bits per heavy atom. The Hall–Kier alpha value is -1.11.